The monoisotopic (exact) mass is 466 g/mol. The van der Waals surface area contributed by atoms with Crippen molar-refractivity contribution in [2.45, 2.75) is 6.54 Å². The van der Waals surface area contributed by atoms with Crippen LogP contribution < -0.4 is 14.8 Å². The van der Waals surface area contributed by atoms with Crippen LogP contribution in [0.4, 0.5) is 0 Å². The maximum atomic E-state index is 12.8. The molecule has 140 valence electrons. The minimum atomic E-state index is -0.221. The van der Waals surface area contributed by atoms with Gasteiger partial charge in [0.25, 0.3) is 5.91 Å². The summed E-state index contributed by atoms with van der Waals surface area (Å²) in [5, 5.41) is 3.89. The molecule has 1 aliphatic rings. The number of nitrogens with zero attached hydrogens (tertiary/aromatic N) is 1. The molecular weight excluding hydrogens is 452 g/mol. The SMILES string of the molecule is COc1cc(Br)c(/C=C2\NC(=S)N(Cc3ccccc3Cl)C2=O)cc1OC. The van der Waals surface area contributed by atoms with E-state index in [1.807, 2.05) is 18.2 Å². The number of carbonyl (C=O) groups excluding carboxylic acids is 1. The Morgan fingerprint density at radius 2 is 1.89 bits per heavy atom. The van der Waals surface area contributed by atoms with Crippen molar-refractivity contribution in [2.24, 2.45) is 0 Å². The molecule has 0 aliphatic carbocycles. The summed E-state index contributed by atoms with van der Waals surface area (Å²) in [5.74, 6) is 0.934. The molecule has 2 aromatic rings. The van der Waals surface area contributed by atoms with Gasteiger partial charge in [0.2, 0.25) is 0 Å². The highest BCUT2D eigenvalue weighted by atomic mass is 79.9. The van der Waals surface area contributed by atoms with E-state index >= 15 is 0 Å². The maximum Gasteiger partial charge on any atom is 0.276 e. The van der Waals surface area contributed by atoms with Gasteiger partial charge in [-0.1, -0.05) is 45.7 Å². The van der Waals surface area contributed by atoms with Crippen molar-refractivity contribution >= 4 is 56.8 Å². The minimum Gasteiger partial charge on any atom is -0.493 e. The van der Waals surface area contributed by atoms with Gasteiger partial charge in [0, 0.05) is 9.50 Å². The molecule has 0 saturated carbocycles. The van der Waals surface area contributed by atoms with Gasteiger partial charge in [-0.25, -0.2) is 0 Å². The van der Waals surface area contributed by atoms with Crippen LogP contribution in [0.5, 0.6) is 11.5 Å². The van der Waals surface area contributed by atoms with E-state index in [1.54, 1.807) is 38.5 Å². The van der Waals surface area contributed by atoms with Crippen molar-refractivity contribution in [3.8, 4) is 11.5 Å². The quantitative estimate of drug-likeness (QED) is 0.522. The van der Waals surface area contributed by atoms with Gasteiger partial charge in [-0.3, -0.25) is 9.69 Å². The highest BCUT2D eigenvalue weighted by Gasteiger charge is 2.31. The second-order valence-corrected chi connectivity index (χ2v) is 7.35. The lowest BCUT2D eigenvalue weighted by Crippen LogP contribution is -2.30. The smallest absolute Gasteiger partial charge is 0.276 e. The van der Waals surface area contributed by atoms with E-state index in [2.05, 4.69) is 21.2 Å². The number of ether oxygens (including phenoxy) is 2. The van der Waals surface area contributed by atoms with Gasteiger partial charge in [-0.05, 0) is 47.6 Å². The first-order valence-corrected chi connectivity index (χ1v) is 9.52. The first-order chi connectivity index (χ1) is 12.9. The fourth-order valence-corrected chi connectivity index (χ4v) is 3.54. The number of methoxy groups -OCH3 is 2. The van der Waals surface area contributed by atoms with Crippen molar-refractivity contribution in [3.05, 3.63) is 62.7 Å². The standard InChI is InChI=1S/C19H16BrClN2O3S/c1-25-16-8-12(13(20)9-17(16)26-2)7-15-18(24)23(19(27)22-15)10-11-5-3-4-6-14(11)21/h3-9H,10H2,1-2H3,(H,22,27)/b15-7-. The molecule has 1 aliphatic heterocycles. The Morgan fingerprint density at radius 1 is 1.22 bits per heavy atom. The van der Waals surface area contributed by atoms with E-state index in [0.29, 0.717) is 33.9 Å². The topological polar surface area (TPSA) is 50.8 Å². The summed E-state index contributed by atoms with van der Waals surface area (Å²) in [4.78, 5) is 14.3. The number of amides is 1. The third-order valence-electron chi connectivity index (χ3n) is 4.05. The third kappa shape index (κ3) is 4.10. The van der Waals surface area contributed by atoms with Crippen LogP contribution in [0.25, 0.3) is 6.08 Å². The lowest BCUT2D eigenvalue weighted by Gasteiger charge is -2.14. The molecule has 0 spiro atoms. The van der Waals surface area contributed by atoms with Crippen LogP contribution in [0.3, 0.4) is 0 Å². The molecule has 0 unspecified atom stereocenters. The normalized spacial score (nSPS) is 15.3. The Hall–Kier alpha value is -2.09. The average Bonchev–Trinajstić information content (AvgIpc) is 2.92. The zero-order valence-electron chi connectivity index (χ0n) is 14.6. The summed E-state index contributed by atoms with van der Waals surface area (Å²) in [6.07, 6.45) is 1.72. The largest absolute Gasteiger partial charge is 0.493 e. The lowest BCUT2D eigenvalue weighted by molar-refractivity contribution is -0.122. The van der Waals surface area contributed by atoms with E-state index in [9.17, 15) is 4.79 Å². The second kappa shape index (κ2) is 8.29. The summed E-state index contributed by atoms with van der Waals surface area (Å²) in [6, 6.07) is 10.9. The molecule has 2 aromatic carbocycles. The Bertz CT molecular complexity index is 949. The van der Waals surface area contributed by atoms with Crippen LogP contribution >= 0.6 is 39.7 Å². The molecule has 0 radical (unpaired) electrons. The molecule has 1 heterocycles. The zero-order chi connectivity index (χ0) is 19.6. The predicted molar refractivity (Wildman–Crippen MR) is 113 cm³/mol. The number of hydrogen-bond acceptors (Lipinski definition) is 4. The van der Waals surface area contributed by atoms with Crippen molar-refractivity contribution in [1.82, 2.24) is 10.2 Å². The van der Waals surface area contributed by atoms with Crippen LogP contribution in [-0.4, -0.2) is 30.1 Å². The molecule has 0 aromatic heterocycles. The first kappa shape index (κ1) is 19.7. The molecule has 1 amide bonds. The molecule has 27 heavy (non-hydrogen) atoms. The zero-order valence-corrected chi connectivity index (χ0v) is 17.7. The van der Waals surface area contributed by atoms with Gasteiger partial charge >= 0.3 is 0 Å². The van der Waals surface area contributed by atoms with Crippen molar-refractivity contribution in [2.75, 3.05) is 14.2 Å². The Kier molecular flexibility index (Phi) is 6.04. The summed E-state index contributed by atoms with van der Waals surface area (Å²) >= 11 is 15.0. The molecular formula is C19H16BrClN2O3S. The number of benzene rings is 2. The molecule has 5 nitrogen and oxygen atoms in total. The van der Waals surface area contributed by atoms with Crippen LogP contribution in [0.15, 0.2) is 46.6 Å². The van der Waals surface area contributed by atoms with E-state index in [-0.39, 0.29) is 5.91 Å². The first-order valence-electron chi connectivity index (χ1n) is 7.94. The van der Waals surface area contributed by atoms with E-state index in [1.165, 1.54) is 4.90 Å². The summed E-state index contributed by atoms with van der Waals surface area (Å²) in [5.41, 5.74) is 1.95. The number of halogens is 2. The van der Waals surface area contributed by atoms with Gasteiger partial charge in [-0.15, -0.1) is 0 Å². The number of thiocarbonyl (C=S) groups is 1. The Balaban J connectivity index is 1.90. The average molecular weight is 468 g/mol. The molecule has 1 fully saturated rings. The molecule has 0 atom stereocenters. The predicted octanol–water partition coefficient (Wildman–Crippen LogP) is 4.38. The summed E-state index contributed by atoms with van der Waals surface area (Å²) in [6.45, 7) is 0.300. The second-order valence-electron chi connectivity index (χ2n) is 5.70. The lowest BCUT2D eigenvalue weighted by atomic mass is 10.1. The Morgan fingerprint density at radius 3 is 2.56 bits per heavy atom. The third-order valence-corrected chi connectivity index (χ3v) is 5.43. The van der Waals surface area contributed by atoms with Crippen LogP contribution in [0, 0.1) is 0 Å². The Labute approximate surface area is 176 Å². The number of nitrogens with one attached hydrogen (secondary N) is 1. The number of hydrogen-bond donors (Lipinski definition) is 1. The van der Waals surface area contributed by atoms with E-state index < -0.39 is 0 Å². The van der Waals surface area contributed by atoms with Crippen LogP contribution in [0.2, 0.25) is 5.02 Å². The summed E-state index contributed by atoms with van der Waals surface area (Å²) < 4.78 is 11.4. The molecule has 8 heteroatoms. The highest BCUT2D eigenvalue weighted by Crippen LogP contribution is 2.34. The van der Waals surface area contributed by atoms with Crippen molar-refractivity contribution in [3.63, 3.8) is 0 Å². The number of carbonyl (C=O) groups is 1. The fraction of sp³-hybridized carbons (Fsp3) is 0.158. The number of rotatable bonds is 5. The highest BCUT2D eigenvalue weighted by molar-refractivity contribution is 9.10. The van der Waals surface area contributed by atoms with Crippen molar-refractivity contribution in [1.29, 1.82) is 0 Å². The van der Waals surface area contributed by atoms with E-state index in [4.69, 9.17) is 33.3 Å². The van der Waals surface area contributed by atoms with Gasteiger partial charge in [0.05, 0.1) is 20.8 Å². The molecule has 1 N–H and O–H groups in total. The van der Waals surface area contributed by atoms with Gasteiger partial charge in [0.15, 0.2) is 16.6 Å². The van der Waals surface area contributed by atoms with Crippen LogP contribution in [-0.2, 0) is 11.3 Å². The van der Waals surface area contributed by atoms with Crippen molar-refractivity contribution < 1.29 is 14.3 Å². The van der Waals surface area contributed by atoms with Gasteiger partial charge in [-0.2, -0.15) is 0 Å². The van der Waals surface area contributed by atoms with Gasteiger partial charge in [0.1, 0.15) is 5.70 Å². The van der Waals surface area contributed by atoms with E-state index in [0.717, 1.165) is 15.6 Å². The molecule has 1 saturated heterocycles. The minimum absolute atomic E-state index is 0.221. The van der Waals surface area contributed by atoms with Gasteiger partial charge < -0.3 is 14.8 Å². The van der Waals surface area contributed by atoms with Crippen LogP contribution in [0.1, 0.15) is 11.1 Å². The maximum absolute atomic E-state index is 12.8. The molecule has 3 rings (SSSR count). The molecule has 0 bridgehead atoms. The summed E-state index contributed by atoms with van der Waals surface area (Å²) in [7, 11) is 3.12. The fourth-order valence-electron chi connectivity index (χ4n) is 2.65.